The number of nitrogens with one attached hydrogen (secondary N) is 1. The number of hydrogen-bond acceptors (Lipinski definition) is 5. The molecule has 1 aliphatic heterocycles. The highest BCUT2D eigenvalue weighted by molar-refractivity contribution is 7.85. The van der Waals surface area contributed by atoms with Gasteiger partial charge in [0.1, 0.15) is 6.04 Å². The van der Waals surface area contributed by atoms with Crippen molar-refractivity contribution >= 4 is 16.1 Å². The second-order valence-electron chi connectivity index (χ2n) is 7.43. The smallest absolute Gasteiger partial charge is 0.416 e. The second kappa shape index (κ2) is 10.9. The quantitative estimate of drug-likeness (QED) is 0.500. The van der Waals surface area contributed by atoms with Gasteiger partial charge in [-0.3, -0.25) is 9.35 Å². The fourth-order valence-corrected chi connectivity index (χ4v) is 3.71. The van der Waals surface area contributed by atoms with E-state index in [4.69, 9.17) is 9.29 Å². The molecule has 10 heteroatoms. The zero-order valence-electron chi connectivity index (χ0n) is 17.7. The Hall–Kier alpha value is -2.43. The summed E-state index contributed by atoms with van der Waals surface area (Å²) in [6, 6.07) is 10.9. The lowest BCUT2D eigenvalue weighted by molar-refractivity contribution is -0.145. The van der Waals surface area contributed by atoms with E-state index < -0.39 is 21.9 Å². The number of rotatable bonds is 5. The monoisotopic (exact) mass is 473 g/mol. The molecule has 6 nitrogen and oxygen atoms in total. The van der Waals surface area contributed by atoms with Crippen LogP contribution in [0.5, 0.6) is 0 Å². The van der Waals surface area contributed by atoms with Gasteiger partial charge >= 0.3 is 12.1 Å². The van der Waals surface area contributed by atoms with E-state index in [-0.39, 0.29) is 22.9 Å². The van der Waals surface area contributed by atoms with Crippen LogP contribution < -0.4 is 5.32 Å². The van der Waals surface area contributed by atoms with E-state index in [0.29, 0.717) is 19.4 Å². The summed E-state index contributed by atoms with van der Waals surface area (Å²) in [4.78, 5) is 11.5. The van der Waals surface area contributed by atoms with Crippen molar-refractivity contribution < 1.29 is 35.7 Å². The van der Waals surface area contributed by atoms with Crippen LogP contribution in [-0.2, 0) is 32.2 Å². The van der Waals surface area contributed by atoms with Crippen molar-refractivity contribution in [3.8, 4) is 0 Å². The number of aryl methyl sites for hydroxylation is 1. The van der Waals surface area contributed by atoms with Gasteiger partial charge < -0.3 is 10.1 Å². The van der Waals surface area contributed by atoms with Crippen LogP contribution in [0.15, 0.2) is 53.4 Å². The largest absolute Gasteiger partial charge is 0.465 e. The number of ether oxygens (including phenoxy) is 1. The van der Waals surface area contributed by atoms with Crippen molar-refractivity contribution in [3.63, 3.8) is 0 Å². The normalized spacial score (nSPS) is 18.6. The van der Waals surface area contributed by atoms with E-state index >= 15 is 0 Å². The summed E-state index contributed by atoms with van der Waals surface area (Å²) in [6.45, 7) is 3.95. The summed E-state index contributed by atoms with van der Waals surface area (Å²) in [5.74, 6) is -0.257. The van der Waals surface area contributed by atoms with Crippen LogP contribution in [-0.4, -0.2) is 37.6 Å². The SMILES string of the molecule is CCOC(=O)C1CCC(Cc2ccc(C(F)(F)F)cc2)N1.Cc1ccc(S(=O)(=O)O)cc1. The molecule has 1 aliphatic rings. The van der Waals surface area contributed by atoms with Gasteiger partial charge in [-0.25, -0.2) is 0 Å². The molecule has 1 fully saturated rings. The molecule has 32 heavy (non-hydrogen) atoms. The van der Waals surface area contributed by atoms with E-state index in [9.17, 15) is 26.4 Å². The predicted octanol–water partition coefficient (Wildman–Crippen LogP) is 4.17. The number of carbonyl (C=O) groups excluding carboxylic acids is 1. The van der Waals surface area contributed by atoms with Crippen LogP contribution in [0.2, 0.25) is 0 Å². The lowest BCUT2D eigenvalue weighted by Crippen LogP contribution is -2.37. The standard InChI is InChI=1S/C15H18F3NO2.C7H8O3S/c1-2-21-14(20)13-8-7-12(19-13)9-10-3-5-11(6-4-10)15(16,17)18;1-6-2-4-7(5-3-6)11(8,9)10/h3-6,12-13,19H,2,7-9H2,1H3;2-5H,1H3,(H,8,9,10). The van der Waals surface area contributed by atoms with E-state index in [1.54, 1.807) is 19.1 Å². The maximum absolute atomic E-state index is 12.5. The molecule has 2 aromatic carbocycles. The van der Waals surface area contributed by atoms with Gasteiger partial charge in [0, 0.05) is 6.04 Å². The number of carbonyl (C=O) groups is 1. The van der Waals surface area contributed by atoms with E-state index in [0.717, 1.165) is 29.7 Å². The van der Waals surface area contributed by atoms with Gasteiger partial charge in [0.05, 0.1) is 17.1 Å². The predicted molar refractivity (Wildman–Crippen MR) is 113 cm³/mol. The topological polar surface area (TPSA) is 92.7 Å². The first-order valence-electron chi connectivity index (χ1n) is 10.0. The molecule has 2 unspecified atom stereocenters. The third-order valence-electron chi connectivity index (χ3n) is 4.89. The highest BCUT2D eigenvalue weighted by atomic mass is 32.2. The Balaban J connectivity index is 0.000000278. The summed E-state index contributed by atoms with van der Waals surface area (Å²) in [6.07, 6.45) is -2.19. The molecule has 176 valence electrons. The molecule has 2 aromatic rings. The number of esters is 1. The molecule has 1 heterocycles. The average molecular weight is 474 g/mol. The maximum atomic E-state index is 12.5. The fraction of sp³-hybridized carbons (Fsp3) is 0.409. The van der Waals surface area contributed by atoms with Crippen molar-refractivity contribution in [3.05, 3.63) is 65.2 Å². The Morgan fingerprint density at radius 2 is 1.69 bits per heavy atom. The first-order chi connectivity index (χ1) is 14.9. The first-order valence-corrected chi connectivity index (χ1v) is 11.5. The van der Waals surface area contributed by atoms with Gasteiger partial charge in [0.2, 0.25) is 0 Å². The molecule has 2 N–H and O–H groups in total. The zero-order valence-corrected chi connectivity index (χ0v) is 18.5. The van der Waals surface area contributed by atoms with E-state index in [1.807, 2.05) is 6.92 Å². The van der Waals surface area contributed by atoms with Gasteiger partial charge in [0.25, 0.3) is 10.1 Å². The van der Waals surface area contributed by atoms with Crippen molar-refractivity contribution in [2.75, 3.05) is 6.61 Å². The molecule has 2 atom stereocenters. The molecule has 0 bridgehead atoms. The van der Waals surface area contributed by atoms with Gasteiger partial charge in [-0.1, -0.05) is 29.8 Å². The first kappa shape index (κ1) is 25.8. The van der Waals surface area contributed by atoms with Gasteiger partial charge in [-0.2, -0.15) is 21.6 Å². The lowest BCUT2D eigenvalue weighted by atomic mass is 10.0. The van der Waals surface area contributed by atoms with Gasteiger partial charge in [-0.15, -0.1) is 0 Å². The Morgan fingerprint density at radius 3 is 2.19 bits per heavy atom. The van der Waals surface area contributed by atoms with Crippen molar-refractivity contribution in [2.45, 2.75) is 56.3 Å². The summed E-state index contributed by atoms with van der Waals surface area (Å²) in [5, 5.41) is 3.17. The van der Waals surface area contributed by atoms with Gasteiger partial charge in [-0.05, 0) is 62.9 Å². The van der Waals surface area contributed by atoms with E-state index in [2.05, 4.69) is 5.32 Å². The number of alkyl halides is 3. The fourth-order valence-electron chi connectivity index (χ4n) is 3.23. The van der Waals surface area contributed by atoms with Crippen LogP contribution in [0.4, 0.5) is 13.2 Å². The molecule has 3 rings (SSSR count). The van der Waals surface area contributed by atoms with Crippen molar-refractivity contribution in [1.82, 2.24) is 5.32 Å². The Labute approximate surface area is 185 Å². The highest BCUT2D eigenvalue weighted by Gasteiger charge is 2.31. The molecule has 0 aromatic heterocycles. The second-order valence-corrected chi connectivity index (χ2v) is 8.85. The molecule has 0 radical (unpaired) electrons. The molecule has 1 saturated heterocycles. The summed E-state index contributed by atoms with van der Waals surface area (Å²) in [7, 11) is -4.02. The van der Waals surface area contributed by atoms with Crippen molar-refractivity contribution in [1.29, 1.82) is 0 Å². The van der Waals surface area contributed by atoms with Crippen LogP contribution in [0, 0.1) is 6.92 Å². The summed E-state index contributed by atoms with van der Waals surface area (Å²) < 4.78 is 71.9. The van der Waals surface area contributed by atoms with Crippen LogP contribution in [0.3, 0.4) is 0 Å². The third-order valence-corrected chi connectivity index (χ3v) is 5.76. The minimum Gasteiger partial charge on any atom is -0.465 e. The van der Waals surface area contributed by atoms with E-state index in [1.165, 1.54) is 24.3 Å². The number of halogens is 3. The molecular formula is C22H26F3NO5S. The lowest BCUT2D eigenvalue weighted by Gasteiger charge is -2.14. The molecule has 0 spiro atoms. The number of benzene rings is 2. The minimum absolute atomic E-state index is 0.0666. The van der Waals surface area contributed by atoms with Gasteiger partial charge in [0.15, 0.2) is 0 Å². The highest BCUT2D eigenvalue weighted by Crippen LogP contribution is 2.29. The summed E-state index contributed by atoms with van der Waals surface area (Å²) >= 11 is 0. The third kappa shape index (κ3) is 7.92. The molecule has 0 aliphatic carbocycles. The minimum atomic E-state index is -4.31. The molecule has 0 saturated carbocycles. The summed E-state index contributed by atoms with van der Waals surface area (Å²) in [5.41, 5.74) is 1.14. The van der Waals surface area contributed by atoms with Crippen LogP contribution >= 0.6 is 0 Å². The zero-order chi connectivity index (χ0) is 23.9. The van der Waals surface area contributed by atoms with Crippen molar-refractivity contribution in [2.24, 2.45) is 0 Å². The Morgan fingerprint density at radius 1 is 1.09 bits per heavy atom. The maximum Gasteiger partial charge on any atom is 0.416 e. The number of hydrogen-bond donors (Lipinski definition) is 2. The van der Waals surface area contributed by atoms with Crippen LogP contribution in [0.1, 0.15) is 36.5 Å². The Bertz CT molecular complexity index is 990. The molecule has 0 amide bonds. The average Bonchev–Trinajstić information content (AvgIpc) is 3.17. The molecular weight excluding hydrogens is 447 g/mol. The Kier molecular flexibility index (Phi) is 8.82. The van der Waals surface area contributed by atoms with Crippen LogP contribution in [0.25, 0.3) is 0 Å².